The number of benzene rings is 1. The van der Waals surface area contributed by atoms with Gasteiger partial charge in [0.15, 0.2) is 0 Å². The van der Waals surface area contributed by atoms with E-state index < -0.39 is 14.3 Å². The molecule has 0 N–H and O–H groups in total. The first-order chi connectivity index (χ1) is 10.3. The van der Waals surface area contributed by atoms with Crippen molar-refractivity contribution in [3.8, 4) is 11.5 Å². The van der Waals surface area contributed by atoms with Gasteiger partial charge in [0.2, 0.25) is 15.0 Å². The van der Waals surface area contributed by atoms with Crippen molar-refractivity contribution in [2.24, 2.45) is 0 Å². The molecule has 1 aliphatic rings. The minimum Gasteiger partial charge on any atom is -0.497 e. The molecule has 1 amide bonds. The summed E-state index contributed by atoms with van der Waals surface area (Å²) in [5.74, 6) is 1.15. The number of methoxy groups -OCH3 is 2. The molecule has 8 heteroatoms. The first-order valence-electron chi connectivity index (χ1n) is 6.76. The van der Waals surface area contributed by atoms with Crippen molar-refractivity contribution >= 4 is 25.6 Å². The van der Waals surface area contributed by atoms with Crippen molar-refractivity contribution < 1.29 is 22.7 Å². The van der Waals surface area contributed by atoms with Gasteiger partial charge in [0.25, 0.3) is 0 Å². The molecule has 1 aliphatic heterocycles. The van der Waals surface area contributed by atoms with Gasteiger partial charge in [-0.2, -0.15) is 0 Å². The van der Waals surface area contributed by atoms with Crippen LogP contribution in [0.5, 0.6) is 11.5 Å². The monoisotopic (exact) mass is 347 g/mol. The zero-order chi connectivity index (χ0) is 16.3. The van der Waals surface area contributed by atoms with E-state index in [9.17, 15) is 13.2 Å². The van der Waals surface area contributed by atoms with Gasteiger partial charge in [-0.25, -0.2) is 8.42 Å². The Labute approximate surface area is 134 Å². The minimum atomic E-state index is -3.70. The lowest BCUT2D eigenvalue weighted by atomic mass is 10.1. The lowest BCUT2D eigenvalue weighted by Crippen LogP contribution is -2.29. The summed E-state index contributed by atoms with van der Waals surface area (Å²) in [6.07, 6.45) is 0.529. The van der Waals surface area contributed by atoms with Crippen LogP contribution in [0.3, 0.4) is 0 Å². The fourth-order valence-corrected chi connectivity index (χ4v) is 3.47. The molecule has 0 spiro atoms. The van der Waals surface area contributed by atoms with Gasteiger partial charge >= 0.3 is 0 Å². The second-order valence-corrected chi connectivity index (χ2v) is 8.02. The van der Waals surface area contributed by atoms with Gasteiger partial charge in [0.1, 0.15) is 16.7 Å². The van der Waals surface area contributed by atoms with E-state index >= 15 is 0 Å². The molecule has 1 heterocycles. The third-order valence-corrected chi connectivity index (χ3v) is 5.53. The molecule has 122 valence electrons. The highest BCUT2D eigenvalue weighted by Crippen LogP contribution is 2.24. The molecule has 1 unspecified atom stereocenters. The molecule has 22 heavy (non-hydrogen) atoms. The molecule has 2 rings (SSSR count). The zero-order valence-electron chi connectivity index (χ0n) is 12.4. The van der Waals surface area contributed by atoms with Crippen LogP contribution in [0.1, 0.15) is 12.0 Å². The Morgan fingerprint density at radius 2 is 1.82 bits per heavy atom. The number of halogens is 1. The Kier molecular flexibility index (Phi) is 5.18. The van der Waals surface area contributed by atoms with Crippen molar-refractivity contribution in [1.82, 2.24) is 4.90 Å². The smallest absolute Gasteiger partial charge is 0.237 e. The number of hydrogen-bond acceptors (Lipinski definition) is 5. The van der Waals surface area contributed by atoms with Gasteiger partial charge in [-0.15, -0.1) is 0 Å². The molecule has 6 nitrogen and oxygen atoms in total. The van der Waals surface area contributed by atoms with Crippen molar-refractivity contribution in [2.75, 3.05) is 27.3 Å². The van der Waals surface area contributed by atoms with Crippen LogP contribution < -0.4 is 9.47 Å². The van der Waals surface area contributed by atoms with E-state index in [0.29, 0.717) is 24.5 Å². The maximum absolute atomic E-state index is 11.9. The Hall–Kier alpha value is -1.47. The van der Waals surface area contributed by atoms with Gasteiger partial charge in [0.05, 0.1) is 14.2 Å². The predicted molar refractivity (Wildman–Crippen MR) is 83.0 cm³/mol. The Morgan fingerprint density at radius 1 is 1.23 bits per heavy atom. The van der Waals surface area contributed by atoms with Crippen LogP contribution >= 0.6 is 10.7 Å². The normalized spacial score (nSPS) is 18.6. The summed E-state index contributed by atoms with van der Waals surface area (Å²) in [5, 5.41) is -0.818. The van der Waals surface area contributed by atoms with Crippen LogP contribution in [0.15, 0.2) is 18.2 Å². The molecule has 0 aliphatic carbocycles. The number of carbonyl (C=O) groups excluding carboxylic acids is 1. The largest absolute Gasteiger partial charge is 0.497 e. The average Bonchev–Trinajstić information content (AvgIpc) is 2.86. The van der Waals surface area contributed by atoms with Gasteiger partial charge in [-0.3, -0.25) is 4.79 Å². The minimum absolute atomic E-state index is 0.0483. The predicted octanol–water partition coefficient (Wildman–Crippen LogP) is 1.42. The third-order valence-electron chi connectivity index (χ3n) is 3.66. The van der Waals surface area contributed by atoms with Crippen molar-refractivity contribution in [3.05, 3.63) is 23.8 Å². The summed E-state index contributed by atoms with van der Waals surface area (Å²) in [6.45, 7) is 0.573. The Morgan fingerprint density at radius 3 is 2.27 bits per heavy atom. The molecule has 0 bridgehead atoms. The molecule has 1 atom stereocenters. The summed E-state index contributed by atoms with van der Waals surface area (Å²) in [6, 6.07) is 5.48. The molecule has 0 radical (unpaired) electrons. The number of nitrogens with zero attached hydrogens (tertiary/aromatic N) is 1. The van der Waals surface area contributed by atoms with E-state index in [1.54, 1.807) is 20.3 Å². The number of ether oxygens (including phenoxy) is 2. The van der Waals surface area contributed by atoms with Crippen LogP contribution in [-0.4, -0.2) is 51.8 Å². The van der Waals surface area contributed by atoms with Gasteiger partial charge in [0, 0.05) is 36.3 Å². The number of hydrogen-bond donors (Lipinski definition) is 0. The summed E-state index contributed by atoms with van der Waals surface area (Å²) in [5.41, 5.74) is 0.946. The first-order valence-corrected chi connectivity index (χ1v) is 9.14. The fraction of sp³-hybridized carbons (Fsp3) is 0.500. The molecule has 1 aromatic rings. The van der Waals surface area contributed by atoms with E-state index in [2.05, 4.69) is 0 Å². The molecule has 1 aromatic carbocycles. The van der Waals surface area contributed by atoms with Crippen LogP contribution in [0, 0.1) is 0 Å². The Bertz CT molecular complexity index is 639. The van der Waals surface area contributed by atoms with E-state index in [0.717, 1.165) is 5.56 Å². The van der Waals surface area contributed by atoms with Crippen LogP contribution in [0.4, 0.5) is 0 Å². The number of rotatable bonds is 6. The molecule has 1 saturated heterocycles. The molecule has 0 saturated carbocycles. The standard InChI is InChI=1S/C14H18ClNO5S/c1-20-11-5-10(6-12(7-11)21-2)3-4-16-9-13(8-14(16)17)22(15,18)19/h5-7,13H,3-4,8-9H2,1-2H3. The Balaban J connectivity index is 2.03. The summed E-state index contributed by atoms with van der Waals surface area (Å²) < 4.78 is 33.0. The number of likely N-dealkylation sites (tertiary alicyclic amines) is 1. The quantitative estimate of drug-likeness (QED) is 0.728. The van der Waals surface area contributed by atoms with Crippen LogP contribution in [-0.2, 0) is 20.3 Å². The highest BCUT2D eigenvalue weighted by Gasteiger charge is 2.36. The maximum Gasteiger partial charge on any atom is 0.237 e. The second kappa shape index (κ2) is 6.75. The molecular weight excluding hydrogens is 330 g/mol. The molecular formula is C14H18ClNO5S. The van der Waals surface area contributed by atoms with Crippen LogP contribution in [0.2, 0.25) is 0 Å². The molecule has 1 fully saturated rings. The summed E-state index contributed by atoms with van der Waals surface area (Å²) in [7, 11) is 4.76. The van der Waals surface area contributed by atoms with Gasteiger partial charge in [-0.05, 0) is 24.1 Å². The van der Waals surface area contributed by atoms with E-state index in [1.807, 2.05) is 12.1 Å². The van der Waals surface area contributed by atoms with Gasteiger partial charge in [-0.1, -0.05) is 0 Å². The van der Waals surface area contributed by atoms with Crippen molar-refractivity contribution in [1.29, 1.82) is 0 Å². The molecule has 0 aromatic heterocycles. The van der Waals surface area contributed by atoms with Crippen molar-refractivity contribution in [3.63, 3.8) is 0 Å². The lowest BCUT2D eigenvalue weighted by Gasteiger charge is -2.16. The highest BCUT2D eigenvalue weighted by molar-refractivity contribution is 8.14. The number of amides is 1. The average molecular weight is 348 g/mol. The zero-order valence-corrected chi connectivity index (χ0v) is 14.0. The first kappa shape index (κ1) is 16.9. The summed E-state index contributed by atoms with van der Waals surface area (Å²) >= 11 is 0. The maximum atomic E-state index is 11.9. The number of carbonyl (C=O) groups is 1. The third kappa shape index (κ3) is 4.04. The SMILES string of the molecule is COc1cc(CCN2CC(S(=O)(=O)Cl)CC2=O)cc(OC)c1. The topological polar surface area (TPSA) is 72.9 Å². The highest BCUT2D eigenvalue weighted by atomic mass is 35.7. The summed E-state index contributed by atoms with van der Waals surface area (Å²) in [4.78, 5) is 13.4. The van der Waals surface area contributed by atoms with E-state index in [4.69, 9.17) is 20.2 Å². The van der Waals surface area contributed by atoms with Crippen molar-refractivity contribution in [2.45, 2.75) is 18.1 Å². The van der Waals surface area contributed by atoms with E-state index in [-0.39, 0.29) is 18.9 Å². The van der Waals surface area contributed by atoms with Gasteiger partial charge < -0.3 is 14.4 Å². The fourth-order valence-electron chi connectivity index (χ4n) is 2.42. The lowest BCUT2D eigenvalue weighted by molar-refractivity contribution is -0.127. The second-order valence-electron chi connectivity index (χ2n) is 5.11. The van der Waals surface area contributed by atoms with Crippen LogP contribution in [0.25, 0.3) is 0 Å². The van der Waals surface area contributed by atoms with E-state index in [1.165, 1.54) is 4.90 Å².